The number of nitrogens with two attached hydrogens (primary N) is 1. The molecule has 0 amide bonds. The van der Waals surface area contributed by atoms with E-state index < -0.39 is 11.6 Å². The molecule has 0 atom stereocenters. The van der Waals surface area contributed by atoms with Crippen molar-refractivity contribution in [2.45, 2.75) is 0 Å². The molecular formula is C85H54F2K2N6O5. The van der Waals surface area contributed by atoms with Gasteiger partial charge in [0.05, 0.1) is 44.1 Å². The zero-order valence-corrected chi connectivity index (χ0v) is 60.2. The van der Waals surface area contributed by atoms with Crippen molar-refractivity contribution in [1.29, 1.82) is 0 Å². The minimum absolute atomic E-state index is 0. The molecule has 20 aromatic rings. The van der Waals surface area contributed by atoms with E-state index in [1.54, 1.807) is 24.3 Å². The quantitative estimate of drug-likeness (QED) is 0.0477. The summed E-state index contributed by atoms with van der Waals surface area (Å²) in [7, 11) is 0. The second-order valence-electron chi connectivity index (χ2n) is 24.5. The SMILES string of the molecule is Nc1ccc(-n2c3ccccc3c3ccccc32)cc1-c1cc(F)c(-c2cc(-n3c4ccccc4c4ccccc43)ccc2O)cc1F.O=CO[O-].[H-].[K+].[K+].c1ccc2c(c1)c1ccccc1n2-c1ccc2[nH]c3cc4c(cc3c2c1)oc1ccc(-n2c3ccccc3c3ccccc32)cc14. The third-order valence-electron chi connectivity index (χ3n) is 19.2. The van der Waals surface area contributed by atoms with E-state index in [-0.39, 0.29) is 133 Å². The molecule has 6 aromatic heterocycles. The maximum Gasteiger partial charge on any atom is 1.00 e. The van der Waals surface area contributed by atoms with Gasteiger partial charge in [0, 0.05) is 126 Å². The summed E-state index contributed by atoms with van der Waals surface area (Å²) in [5.74, 6) is -1.49. The van der Waals surface area contributed by atoms with Gasteiger partial charge in [-0.25, -0.2) is 8.78 Å². The van der Waals surface area contributed by atoms with E-state index in [0.717, 1.165) is 105 Å². The van der Waals surface area contributed by atoms with Crippen molar-refractivity contribution >= 4 is 143 Å². The van der Waals surface area contributed by atoms with Crippen LogP contribution in [0.2, 0.25) is 0 Å². The number of nitrogens with one attached hydrogen (secondary N) is 1. The average molecular weight is 1360 g/mol. The van der Waals surface area contributed by atoms with E-state index in [1.807, 2.05) is 78.9 Å². The Hall–Kier alpha value is -9.96. The van der Waals surface area contributed by atoms with Crippen molar-refractivity contribution in [3.05, 3.63) is 303 Å². The molecule has 0 spiro atoms. The number of benzene rings is 14. The van der Waals surface area contributed by atoms with Crippen LogP contribution < -0.4 is 114 Å². The molecule has 0 aliphatic heterocycles. The number of anilines is 1. The van der Waals surface area contributed by atoms with Crippen molar-refractivity contribution in [1.82, 2.24) is 23.3 Å². The van der Waals surface area contributed by atoms with E-state index in [9.17, 15) is 5.11 Å². The first-order valence-electron chi connectivity index (χ1n) is 32.0. The second-order valence-corrected chi connectivity index (χ2v) is 24.5. The summed E-state index contributed by atoms with van der Waals surface area (Å²) in [6, 6.07) is 97.3. The smallest absolute Gasteiger partial charge is 1.00 e. The Labute approximate surface area is 655 Å². The predicted molar refractivity (Wildman–Crippen MR) is 392 cm³/mol. The third kappa shape index (κ3) is 10.6. The summed E-state index contributed by atoms with van der Waals surface area (Å²) >= 11 is 0. The van der Waals surface area contributed by atoms with E-state index in [4.69, 9.17) is 20.2 Å². The monoisotopic (exact) mass is 1350 g/mol. The normalized spacial score (nSPS) is 11.5. The van der Waals surface area contributed by atoms with Gasteiger partial charge >= 0.3 is 103 Å². The molecule has 0 fully saturated rings. The summed E-state index contributed by atoms with van der Waals surface area (Å²) in [6.07, 6.45) is 0. The van der Waals surface area contributed by atoms with Gasteiger partial charge in [-0.05, 0) is 146 Å². The van der Waals surface area contributed by atoms with Gasteiger partial charge in [-0.2, -0.15) is 0 Å². The third-order valence-corrected chi connectivity index (χ3v) is 19.2. The van der Waals surface area contributed by atoms with Crippen molar-refractivity contribution < 1.29 is 137 Å². The van der Waals surface area contributed by atoms with Gasteiger partial charge in [0.1, 0.15) is 28.5 Å². The van der Waals surface area contributed by atoms with Crippen LogP contribution in [0, 0.1) is 11.6 Å². The van der Waals surface area contributed by atoms with Crippen LogP contribution in [0.5, 0.6) is 5.75 Å². The number of halogens is 2. The molecule has 0 aliphatic rings. The molecule has 6 heterocycles. The molecule has 4 N–H and O–H groups in total. The maximum absolute atomic E-state index is 16.2. The van der Waals surface area contributed by atoms with Gasteiger partial charge < -0.3 is 50.1 Å². The van der Waals surface area contributed by atoms with Crippen molar-refractivity contribution in [3.8, 4) is 50.8 Å². The standard InChI is InChI=1S/C42H27F2N3O.C42H25N3O.CH2O3.2K.H/c43-35-24-32(34-22-26(18-20-42(34)48)47-40-15-7-3-11-29(40)30-12-4-8-16-41(30)47)36(44)23-31(35)33-21-25(17-19-37(33)45)46-38-13-5-1-9-27(38)28-10-2-6-14-39(28)46;1-5-13-37-27(9-1)28-10-2-6-14-38(28)44(37)25-17-19-35-31(21-25)32-24-42-34(23-36(32)43-35)33-22-26(18-20-41(33)46-42)45-39-15-7-3-11-29(39)30-12-4-8-16-40(30)45;2-1-4-3;;;/h1-24,48H,45H2;1-24,43H;1,3H;;;/q;;;2*+1;-1/p-1. The zero-order valence-electron chi connectivity index (χ0n) is 55.0. The molecule has 0 saturated carbocycles. The first kappa shape index (κ1) is 64.7. The summed E-state index contributed by atoms with van der Waals surface area (Å²) < 4.78 is 47.7. The number of carbonyl (C=O) groups is 1. The maximum atomic E-state index is 16.2. The molecule has 0 unspecified atom stereocenters. The van der Waals surface area contributed by atoms with Gasteiger partial charge in [0.25, 0.3) is 6.47 Å². The molecule has 11 nitrogen and oxygen atoms in total. The van der Waals surface area contributed by atoms with E-state index >= 15 is 8.78 Å². The number of hydrogen-bond acceptors (Lipinski definition) is 6. The van der Waals surface area contributed by atoms with Gasteiger partial charge in [-0.1, -0.05) is 146 Å². The number of aromatic hydroxyl groups is 1. The molecule has 0 aliphatic carbocycles. The Bertz CT molecular complexity index is 6080. The number of fused-ring (bicyclic) bond motifs is 18. The topological polar surface area (TPSA) is 144 Å². The number of aromatic nitrogens is 5. The van der Waals surface area contributed by atoms with Crippen LogP contribution in [-0.4, -0.2) is 34.8 Å². The van der Waals surface area contributed by atoms with Crippen LogP contribution in [0.1, 0.15) is 1.43 Å². The fraction of sp³-hybridized carbons (Fsp3) is 0. The molecular weight excluding hydrogens is 1300 g/mol. The number of phenols is 1. The minimum atomic E-state index is -0.678. The summed E-state index contributed by atoms with van der Waals surface area (Å²) in [6.45, 7) is -0.181. The van der Waals surface area contributed by atoms with E-state index in [2.05, 4.69) is 198 Å². The summed E-state index contributed by atoms with van der Waals surface area (Å²) in [5, 5.41) is 33.3. The van der Waals surface area contributed by atoms with Gasteiger partial charge in [-0.15, -0.1) is 0 Å². The number of hydrogen-bond donors (Lipinski definition) is 3. The van der Waals surface area contributed by atoms with Crippen molar-refractivity contribution in [2.75, 3.05) is 5.73 Å². The van der Waals surface area contributed by atoms with Crippen molar-refractivity contribution in [2.24, 2.45) is 0 Å². The number of phenolic OH excluding ortho intramolecular Hbond substituents is 1. The Morgan fingerprint density at radius 2 is 0.680 bits per heavy atom. The van der Waals surface area contributed by atoms with Crippen LogP contribution in [0.15, 0.2) is 296 Å². The molecule has 20 rings (SSSR count). The Kier molecular flexibility index (Phi) is 17.0. The largest absolute Gasteiger partial charge is 1.00 e. The second kappa shape index (κ2) is 26.3. The van der Waals surface area contributed by atoms with Gasteiger partial charge in [-0.3, -0.25) is 4.79 Å². The molecule has 470 valence electrons. The fourth-order valence-corrected chi connectivity index (χ4v) is 15.0. The number of rotatable bonds is 7. The number of nitrogens with zero attached hydrogens (tertiary/aromatic N) is 4. The van der Waals surface area contributed by atoms with Crippen LogP contribution in [-0.2, 0) is 9.68 Å². The first-order valence-corrected chi connectivity index (χ1v) is 32.0. The summed E-state index contributed by atoms with van der Waals surface area (Å²) in [5.41, 5.74) is 23.8. The summed E-state index contributed by atoms with van der Waals surface area (Å²) in [4.78, 5) is 15.0. The first-order chi connectivity index (χ1) is 48.2. The number of para-hydroxylation sites is 8. The number of aromatic amines is 1. The molecule has 0 bridgehead atoms. The number of furan rings is 1. The molecule has 0 saturated heterocycles. The Balaban J connectivity index is 0.000000151. The molecule has 0 radical (unpaired) electrons. The Morgan fingerprint density at radius 3 is 1.09 bits per heavy atom. The fourth-order valence-electron chi connectivity index (χ4n) is 15.0. The number of carbonyl (C=O) groups excluding carboxylic acids is 1. The number of H-pyrrole nitrogens is 1. The average Bonchev–Trinajstić information content (AvgIpc) is 1.61. The molecule has 14 aromatic carbocycles. The van der Waals surface area contributed by atoms with Gasteiger partial charge in [0.2, 0.25) is 0 Å². The van der Waals surface area contributed by atoms with Crippen LogP contribution in [0.4, 0.5) is 14.5 Å². The van der Waals surface area contributed by atoms with Crippen LogP contribution >= 0.6 is 0 Å². The molecule has 100 heavy (non-hydrogen) atoms. The van der Waals surface area contributed by atoms with Gasteiger partial charge in [0.15, 0.2) is 0 Å². The van der Waals surface area contributed by atoms with E-state index in [1.165, 1.54) is 61.1 Å². The van der Waals surface area contributed by atoms with Crippen molar-refractivity contribution in [3.63, 3.8) is 0 Å². The number of nitrogen functional groups attached to an aromatic ring is 1. The predicted octanol–water partition coefficient (Wildman–Crippen LogP) is 14.8. The van der Waals surface area contributed by atoms with Crippen LogP contribution in [0.3, 0.4) is 0 Å². The molecule has 15 heteroatoms. The van der Waals surface area contributed by atoms with E-state index in [0.29, 0.717) is 16.9 Å². The van der Waals surface area contributed by atoms with Crippen LogP contribution in [0.25, 0.3) is 176 Å². The zero-order chi connectivity index (χ0) is 65.9. The Morgan fingerprint density at radius 1 is 0.360 bits per heavy atom. The minimum Gasteiger partial charge on any atom is -1.00 e.